The monoisotopic (exact) mass is 242 g/mol. The second-order valence-electron chi connectivity index (χ2n) is 4.54. The Balaban J connectivity index is 4.17. The molecule has 0 saturated heterocycles. The fourth-order valence-electron chi connectivity index (χ4n) is 1.96. The van der Waals surface area contributed by atoms with Gasteiger partial charge in [-0.05, 0) is 12.8 Å². The molecule has 3 heteroatoms. The molecule has 0 aromatic rings. The van der Waals surface area contributed by atoms with E-state index >= 15 is 0 Å². The van der Waals surface area contributed by atoms with Gasteiger partial charge < -0.3 is 4.74 Å². The molecule has 0 unspecified atom stereocenters. The maximum Gasteiger partial charge on any atom is 0.374 e. The molecule has 0 saturated carbocycles. The summed E-state index contributed by atoms with van der Waals surface area (Å²) in [6.07, 6.45) is 8.21. The normalized spacial score (nSPS) is 10.6. The number of rotatable bonds is 10. The van der Waals surface area contributed by atoms with E-state index in [1.54, 1.807) is 0 Å². The second kappa shape index (κ2) is 10.3. The SMILES string of the molecule is CCCCCC(CCCCC)C(=O)C(=O)OC. The zero-order chi connectivity index (χ0) is 13.1. The first kappa shape index (κ1) is 16.1. The highest BCUT2D eigenvalue weighted by Gasteiger charge is 2.24. The van der Waals surface area contributed by atoms with Gasteiger partial charge in [-0.3, -0.25) is 4.79 Å². The number of Topliss-reactive ketones (excluding diaryl/α,β-unsaturated/α-hetero) is 1. The van der Waals surface area contributed by atoms with Gasteiger partial charge in [0, 0.05) is 5.92 Å². The van der Waals surface area contributed by atoms with E-state index in [2.05, 4.69) is 18.6 Å². The van der Waals surface area contributed by atoms with Gasteiger partial charge in [-0.25, -0.2) is 4.79 Å². The van der Waals surface area contributed by atoms with Gasteiger partial charge in [-0.15, -0.1) is 0 Å². The average Bonchev–Trinajstić information content (AvgIpc) is 2.35. The van der Waals surface area contributed by atoms with Crippen molar-refractivity contribution in [3.63, 3.8) is 0 Å². The van der Waals surface area contributed by atoms with Crippen LogP contribution in [0, 0.1) is 5.92 Å². The van der Waals surface area contributed by atoms with Crippen LogP contribution in [0.1, 0.15) is 65.2 Å². The van der Waals surface area contributed by atoms with E-state index in [1.165, 1.54) is 7.11 Å². The van der Waals surface area contributed by atoms with Crippen LogP contribution in [0.2, 0.25) is 0 Å². The molecule has 0 aliphatic carbocycles. The fraction of sp³-hybridized carbons (Fsp3) is 0.857. The number of esters is 1. The number of carbonyl (C=O) groups excluding carboxylic acids is 2. The maximum absolute atomic E-state index is 11.8. The molecule has 0 aromatic carbocycles. The zero-order valence-electron chi connectivity index (χ0n) is 11.5. The first-order valence-corrected chi connectivity index (χ1v) is 6.79. The van der Waals surface area contributed by atoms with Gasteiger partial charge in [0.15, 0.2) is 0 Å². The molecule has 0 N–H and O–H groups in total. The largest absolute Gasteiger partial charge is 0.463 e. The summed E-state index contributed by atoms with van der Waals surface area (Å²) in [6.45, 7) is 4.27. The van der Waals surface area contributed by atoms with Crippen LogP contribution in [-0.2, 0) is 14.3 Å². The summed E-state index contributed by atoms with van der Waals surface area (Å²) in [5.41, 5.74) is 0. The van der Waals surface area contributed by atoms with Gasteiger partial charge in [-0.1, -0.05) is 52.4 Å². The quantitative estimate of drug-likeness (QED) is 0.334. The van der Waals surface area contributed by atoms with E-state index in [0.717, 1.165) is 51.4 Å². The van der Waals surface area contributed by atoms with Crippen LogP contribution < -0.4 is 0 Å². The van der Waals surface area contributed by atoms with Gasteiger partial charge in [0.2, 0.25) is 5.78 Å². The highest BCUT2D eigenvalue weighted by atomic mass is 16.5. The predicted molar refractivity (Wildman–Crippen MR) is 68.8 cm³/mol. The first-order chi connectivity index (χ1) is 8.17. The molecule has 0 heterocycles. The highest BCUT2D eigenvalue weighted by Crippen LogP contribution is 2.19. The number of carbonyl (C=O) groups is 2. The van der Waals surface area contributed by atoms with Crippen LogP contribution in [0.3, 0.4) is 0 Å². The van der Waals surface area contributed by atoms with Crippen molar-refractivity contribution in [1.82, 2.24) is 0 Å². The lowest BCUT2D eigenvalue weighted by molar-refractivity contribution is -0.153. The third-order valence-electron chi connectivity index (χ3n) is 3.07. The Labute approximate surface area is 105 Å². The molecule has 0 fully saturated rings. The average molecular weight is 242 g/mol. The molecule has 0 aromatic heterocycles. The lowest BCUT2D eigenvalue weighted by Gasteiger charge is -2.13. The molecular weight excluding hydrogens is 216 g/mol. The van der Waals surface area contributed by atoms with Crippen molar-refractivity contribution in [2.24, 2.45) is 5.92 Å². The van der Waals surface area contributed by atoms with E-state index in [0.29, 0.717) is 0 Å². The van der Waals surface area contributed by atoms with E-state index in [9.17, 15) is 9.59 Å². The molecule has 0 atom stereocenters. The topological polar surface area (TPSA) is 43.4 Å². The number of ether oxygens (including phenoxy) is 1. The third kappa shape index (κ3) is 7.14. The van der Waals surface area contributed by atoms with Gasteiger partial charge in [0.25, 0.3) is 0 Å². The van der Waals surface area contributed by atoms with Crippen LogP contribution in [0.15, 0.2) is 0 Å². The lowest BCUT2D eigenvalue weighted by atomic mass is 9.91. The number of hydrogen-bond acceptors (Lipinski definition) is 3. The molecule has 0 spiro atoms. The van der Waals surface area contributed by atoms with Crippen molar-refractivity contribution in [1.29, 1.82) is 0 Å². The van der Waals surface area contributed by atoms with Crippen LogP contribution in [0.5, 0.6) is 0 Å². The molecule has 0 aliphatic heterocycles. The van der Waals surface area contributed by atoms with Crippen molar-refractivity contribution in [2.45, 2.75) is 65.2 Å². The first-order valence-electron chi connectivity index (χ1n) is 6.79. The standard InChI is InChI=1S/C14H26O3/c1-4-6-8-10-12(11-9-7-5-2)13(15)14(16)17-3/h12H,4-11H2,1-3H3. The van der Waals surface area contributed by atoms with Gasteiger partial charge in [0.05, 0.1) is 7.11 Å². The van der Waals surface area contributed by atoms with E-state index < -0.39 is 5.97 Å². The van der Waals surface area contributed by atoms with Gasteiger partial charge in [0.1, 0.15) is 0 Å². The Morgan fingerprint density at radius 1 is 0.941 bits per heavy atom. The molecule has 3 nitrogen and oxygen atoms in total. The Hall–Kier alpha value is -0.860. The van der Waals surface area contributed by atoms with Crippen molar-refractivity contribution in [3.8, 4) is 0 Å². The number of ketones is 1. The molecule has 0 amide bonds. The van der Waals surface area contributed by atoms with Crippen LogP contribution >= 0.6 is 0 Å². The summed E-state index contributed by atoms with van der Waals surface area (Å²) in [4.78, 5) is 23.0. The Bertz CT molecular complexity index is 214. The van der Waals surface area contributed by atoms with E-state index in [1.807, 2.05) is 0 Å². The minimum atomic E-state index is -0.678. The Morgan fingerprint density at radius 3 is 1.76 bits per heavy atom. The van der Waals surface area contributed by atoms with Crippen molar-refractivity contribution < 1.29 is 14.3 Å². The molecule has 0 aliphatic rings. The number of methoxy groups -OCH3 is 1. The summed E-state index contributed by atoms with van der Waals surface area (Å²) in [6, 6.07) is 0. The third-order valence-corrected chi connectivity index (χ3v) is 3.07. The van der Waals surface area contributed by atoms with E-state index in [-0.39, 0.29) is 11.7 Å². The summed E-state index contributed by atoms with van der Waals surface area (Å²) in [5.74, 6) is -1.14. The Morgan fingerprint density at radius 2 is 1.41 bits per heavy atom. The fourth-order valence-corrected chi connectivity index (χ4v) is 1.96. The molecule has 0 bridgehead atoms. The summed E-state index contributed by atoms with van der Waals surface area (Å²) in [7, 11) is 1.27. The van der Waals surface area contributed by atoms with Crippen LogP contribution in [-0.4, -0.2) is 18.9 Å². The van der Waals surface area contributed by atoms with Crippen LogP contribution in [0.25, 0.3) is 0 Å². The van der Waals surface area contributed by atoms with Crippen molar-refractivity contribution >= 4 is 11.8 Å². The minimum Gasteiger partial charge on any atom is -0.463 e. The van der Waals surface area contributed by atoms with Crippen LogP contribution in [0.4, 0.5) is 0 Å². The predicted octanol–water partition coefficient (Wildman–Crippen LogP) is 3.51. The molecule has 0 rings (SSSR count). The second-order valence-corrected chi connectivity index (χ2v) is 4.54. The molecule has 0 radical (unpaired) electrons. The number of hydrogen-bond donors (Lipinski definition) is 0. The smallest absolute Gasteiger partial charge is 0.374 e. The summed E-state index contributed by atoms with van der Waals surface area (Å²) >= 11 is 0. The number of unbranched alkanes of at least 4 members (excludes halogenated alkanes) is 4. The van der Waals surface area contributed by atoms with Gasteiger partial charge >= 0.3 is 5.97 Å². The van der Waals surface area contributed by atoms with Gasteiger partial charge in [-0.2, -0.15) is 0 Å². The van der Waals surface area contributed by atoms with E-state index in [4.69, 9.17) is 0 Å². The molecule has 100 valence electrons. The minimum absolute atomic E-state index is 0.124. The van der Waals surface area contributed by atoms with Crippen molar-refractivity contribution in [2.75, 3.05) is 7.11 Å². The zero-order valence-corrected chi connectivity index (χ0v) is 11.5. The molecular formula is C14H26O3. The molecule has 17 heavy (non-hydrogen) atoms. The van der Waals surface area contributed by atoms with Crippen molar-refractivity contribution in [3.05, 3.63) is 0 Å². The Kier molecular flexibility index (Phi) is 9.78. The highest BCUT2D eigenvalue weighted by molar-refractivity contribution is 6.34. The summed E-state index contributed by atoms with van der Waals surface area (Å²) in [5, 5.41) is 0. The lowest BCUT2D eigenvalue weighted by Crippen LogP contribution is -2.25. The summed E-state index contributed by atoms with van der Waals surface area (Å²) < 4.78 is 4.52. The maximum atomic E-state index is 11.8.